The second kappa shape index (κ2) is 9.24. The molecule has 2 aromatic rings. The van der Waals surface area contributed by atoms with Crippen molar-refractivity contribution in [1.29, 1.82) is 0 Å². The van der Waals surface area contributed by atoms with E-state index in [-0.39, 0.29) is 35.4 Å². The number of halogens is 3. The molecule has 1 aromatic heterocycles. The summed E-state index contributed by atoms with van der Waals surface area (Å²) in [5.41, 5.74) is -1.61. The molecule has 0 bridgehead atoms. The van der Waals surface area contributed by atoms with Crippen molar-refractivity contribution >= 4 is 33.7 Å². The number of nitrogens with one attached hydrogen (secondary N) is 1. The summed E-state index contributed by atoms with van der Waals surface area (Å²) in [6.07, 6.45) is 1.80. The molecule has 2 N–H and O–H groups in total. The third-order valence-corrected chi connectivity index (χ3v) is 6.78. The molecule has 0 unspecified atom stereocenters. The lowest BCUT2D eigenvalue weighted by Gasteiger charge is -2.45. The molecular formula is C21H22ClF2N3O5Si. The van der Waals surface area contributed by atoms with Gasteiger partial charge in [-0.15, -0.1) is 0 Å². The van der Waals surface area contributed by atoms with Crippen LogP contribution in [0.15, 0.2) is 23.1 Å². The zero-order chi connectivity index (χ0) is 23.9. The van der Waals surface area contributed by atoms with Crippen molar-refractivity contribution < 1.29 is 28.2 Å². The van der Waals surface area contributed by atoms with E-state index in [4.69, 9.17) is 16.3 Å². The molecule has 4 rings (SSSR count). The van der Waals surface area contributed by atoms with E-state index in [9.17, 15) is 28.3 Å². The van der Waals surface area contributed by atoms with E-state index >= 15 is 0 Å². The van der Waals surface area contributed by atoms with Crippen LogP contribution >= 0.6 is 11.6 Å². The quantitative estimate of drug-likeness (QED) is 0.474. The van der Waals surface area contributed by atoms with Gasteiger partial charge in [-0.1, -0.05) is 17.7 Å². The van der Waals surface area contributed by atoms with Crippen LogP contribution in [0.5, 0.6) is 5.75 Å². The van der Waals surface area contributed by atoms with Crippen molar-refractivity contribution in [2.75, 3.05) is 19.8 Å². The average molecular weight is 498 g/mol. The number of benzene rings is 1. The standard InChI is InChI=1S/C21H22ClF2N3O5Si/c22-15-12(23)2-1-10(16(15)24)7-25-20(30)11-8-27-13-3-5-32-9-14(13)26(4-6-33)21(31)17(27)19(29)18(11)28/h1-2,8,13-14,29H,3-7,9H2,33H3,(H,25,30)/t13-,14+/m1/s1. The van der Waals surface area contributed by atoms with Gasteiger partial charge < -0.3 is 24.6 Å². The van der Waals surface area contributed by atoms with E-state index in [2.05, 4.69) is 5.32 Å². The third-order valence-electron chi connectivity index (χ3n) is 5.99. The lowest BCUT2D eigenvalue weighted by molar-refractivity contribution is -0.0175. The number of hydrogen-bond donors (Lipinski definition) is 2. The van der Waals surface area contributed by atoms with Crippen LogP contribution in [0.3, 0.4) is 0 Å². The zero-order valence-corrected chi connectivity index (χ0v) is 20.5. The number of fused-ring (bicyclic) bond motifs is 3. The Kier molecular flexibility index (Phi) is 6.55. The minimum absolute atomic E-state index is 0.0736. The second-order valence-corrected chi connectivity index (χ2v) is 9.37. The van der Waals surface area contributed by atoms with Crippen LogP contribution in [0.4, 0.5) is 8.78 Å². The summed E-state index contributed by atoms with van der Waals surface area (Å²) >= 11 is 5.56. The SMILES string of the molecule is O=C(NCc1ccc(F)c(Cl)c1F)c1cn2c(c(O)c1=O)C(=O)N(CC[SiH3])[C@H]1COCC[C@H]12. The van der Waals surface area contributed by atoms with Crippen LogP contribution in [0.1, 0.15) is 38.9 Å². The predicted octanol–water partition coefficient (Wildman–Crippen LogP) is 0.985. The maximum absolute atomic E-state index is 14.1. The molecule has 33 heavy (non-hydrogen) atoms. The van der Waals surface area contributed by atoms with E-state index in [0.29, 0.717) is 26.2 Å². The Balaban J connectivity index is 1.68. The van der Waals surface area contributed by atoms with Crippen molar-refractivity contribution in [2.45, 2.75) is 31.1 Å². The van der Waals surface area contributed by atoms with Crippen LogP contribution < -0.4 is 10.7 Å². The van der Waals surface area contributed by atoms with Crippen LogP contribution in [-0.2, 0) is 11.3 Å². The number of carbonyl (C=O) groups is 2. The molecule has 176 valence electrons. The Morgan fingerprint density at radius 1 is 1.30 bits per heavy atom. The summed E-state index contributed by atoms with van der Waals surface area (Å²) < 4.78 is 34.5. The van der Waals surface area contributed by atoms with Gasteiger partial charge in [-0.3, -0.25) is 14.4 Å². The first-order valence-corrected chi connectivity index (χ1v) is 12.3. The number of pyridine rings is 1. The Morgan fingerprint density at radius 3 is 2.79 bits per heavy atom. The van der Waals surface area contributed by atoms with Crippen LogP contribution in [0.2, 0.25) is 11.1 Å². The molecule has 0 aliphatic carbocycles. The van der Waals surface area contributed by atoms with Crippen molar-refractivity contribution in [2.24, 2.45) is 0 Å². The monoisotopic (exact) mass is 497 g/mol. The fraction of sp³-hybridized carbons (Fsp3) is 0.381. The molecule has 0 radical (unpaired) electrons. The van der Waals surface area contributed by atoms with E-state index < -0.39 is 39.6 Å². The van der Waals surface area contributed by atoms with Crippen LogP contribution in [-0.4, -0.2) is 62.4 Å². The Morgan fingerprint density at radius 2 is 2.06 bits per heavy atom. The number of aromatic hydroxyl groups is 1. The van der Waals surface area contributed by atoms with Gasteiger partial charge in [0.1, 0.15) is 22.2 Å². The van der Waals surface area contributed by atoms with E-state index in [1.165, 1.54) is 10.8 Å². The largest absolute Gasteiger partial charge is 0.503 e. The van der Waals surface area contributed by atoms with Gasteiger partial charge in [-0.25, -0.2) is 8.78 Å². The summed E-state index contributed by atoms with van der Waals surface area (Å²) in [6.45, 7) is 0.885. The maximum Gasteiger partial charge on any atom is 0.274 e. The number of carbonyl (C=O) groups excluding carboxylic acids is 2. The smallest absolute Gasteiger partial charge is 0.274 e. The molecule has 0 spiro atoms. The summed E-state index contributed by atoms with van der Waals surface area (Å²) in [5, 5.41) is 12.3. The molecule has 12 heteroatoms. The number of aromatic nitrogens is 1. The van der Waals surface area contributed by atoms with Crippen molar-refractivity contribution in [3.63, 3.8) is 0 Å². The average Bonchev–Trinajstić information content (AvgIpc) is 2.81. The van der Waals surface area contributed by atoms with Crippen molar-refractivity contribution in [3.05, 3.63) is 62.0 Å². The first kappa shape index (κ1) is 23.4. The highest BCUT2D eigenvalue weighted by molar-refractivity contribution is 6.30. The van der Waals surface area contributed by atoms with Crippen molar-refractivity contribution in [3.8, 4) is 5.75 Å². The number of hydrogen-bond acceptors (Lipinski definition) is 5. The Hall–Kier alpha value is -2.76. The molecule has 2 atom stereocenters. The highest BCUT2D eigenvalue weighted by atomic mass is 35.5. The van der Waals surface area contributed by atoms with Gasteiger partial charge >= 0.3 is 0 Å². The number of ether oxygens (including phenoxy) is 1. The Labute approximate surface area is 195 Å². The van der Waals surface area contributed by atoms with E-state index in [1.54, 1.807) is 4.90 Å². The van der Waals surface area contributed by atoms with Gasteiger partial charge in [0.05, 0.1) is 18.7 Å². The molecule has 1 fully saturated rings. The molecular weight excluding hydrogens is 476 g/mol. The topological polar surface area (TPSA) is 101 Å². The summed E-state index contributed by atoms with van der Waals surface area (Å²) in [4.78, 5) is 40.3. The van der Waals surface area contributed by atoms with Crippen LogP contribution in [0.25, 0.3) is 0 Å². The summed E-state index contributed by atoms with van der Waals surface area (Å²) in [6, 6.07) is 2.37. The fourth-order valence-corrected chi connectivity index (χ4v) is 5.02. The molecule has 3 heterocycles. The molecule has 1 aromatic carbocycles. The van der Waals surface area contributed by atoms with Crippen molar-refractivity contribution in [1.82, 2.24) is 14.8 Å². The van der Waals surface area contributed by atoms with Gasteiger partial charge in [0.25, 0.3) is 11.8 Å². The summed E-state index contributed by atoms with van der Waals surface area (Å²) in [5.74, 6) is -4.11. The number of nitrogens with zero attached hydrogens (tertiary/aromatic N) is 2. The van der Waals surface area contributed by atoms with E-state index in [0.717, 1.165) is 28.4 Å². The van der Waals surface area contributed by atoms with Crippen LogP contribution in [0, 0.1) is 11.6 Å². The highest BCUT2D eigenvalue weighted by Crippen LogP contribution is 2.35. The van der Waals surface area contributed by atoms with E-state index in [1.807, 2.05) is 0 Å². The zero-order valence-electron chi connectivity index (χ0n) is 17.7. The van der Waals surface area contributed by atoms with Gasteiger partial charge in [-0.2, -0.15) is 0 Å². The lowest BCUT2D eigenvalue weighted by Crippen LogP contribution is -2.56. The second-order valence-electron chi connectivity index (χ2n) is 7.99. The molecule has 2 amide bonds. The molecule has 1 saturated heterocycles. The highest BCUT2D eigenvalue weighted by Gasteiger charge is 2.43. The minimum atomic E-state index is -1.02. The number of rotatable bonds is 5. The Bertz CT molecular complexity index is 1190. The van der Waals surface area contributed by atoms with Gasteiger partial charge in [0, 0.05) is 41.7 Å². The lowest BCUT2D eigenvalue weighted by atomic mass is 9.96. The molecule has 0 saturated carbocycles. The predicted molar refractivity (Wildman–Crippen MR) is 119 cm³/mol. The van der Waals surface area contributed by atoms with Gasteiger partial charge in [-0.05, 0) is 18.5 Å². The van der Waals surface area contributed by atoms with Gasteiger partial charge in [0.2, 0.25) is 5.43 Å². The fourth-order valence-electron chi connectivity index (χ4n) is 4.36. The first-order valence-electron chi connectivity index (χ1n) is 10.5. The molecule has 2 aliphatic rings. The first-order chi connectivity index (χ1) is 15.8. The maximum atomic E-state index is 14.1. The summed E-state index contributed by atoms with van der Waals surface area (Å²) in [7, 11) is 0.883. The van der Waals surface area contributed by atoms with Gasteiger partial charge in [0.15, 0.2) is 11.4 Å². The molecule has 8 nitrogen and oxygen atoms in total. The third kappa shape index (κ3) is 4.04. The number of amides is 2. The minimum Gasteiger partial charge on any atom is -0.503 e. The normalized spacial score (nSPS) is 19.8. The molecule has 2 aliphatic heterocycles.